The molecule has 2 heterocycles. The number of ether oxygens (including phenoxy) is 2. The van der Waals surface area contributed by atoms with Crippen LogP contribution >= 0.6 is 11.8 Å². The summed E-state index contributed by atoms with van der Waals surface area (Å²) in [5.74, 6) is 1.43. The van der Waals surface area contributed by atoms with Crippen molar-refractivity contribution in [3.05, 3.63) is 12.3 Å². The number of aromatic nitrogens is 4. The molecular formula is C10H13N5O2S. The zero-order chi connectivity index (χ0) is 13.1. The van der Waals surface area contributed by atoms with Crippen molar-refractivity contribution in [3.63, 3.8) is 0 Å². The highest BCUT2D eigenvalue weighted by Gasteiger charge is 2.11. The Bertz CT molecular complexity index is 535. The highest BCUT2D eigenvalue weighted by Crippen LogP contribution is 2.31. The normalized spacial score (nSPS) is 10.4. The number of anilines is 1. The van der Waals surface area contributed by atoms with Gasteiger partial charge in [0.05, 0.1) is 31.4 Å². The first-order chi connectivity index (χ1) is 8.63. The molecule has 0 saturated carbocycles. The Kier molecular flexibility index (Phi) is 3.56. The minimum Gasteiger partial charge on any atom is -0.481 e. The van der Waals surface area contributed by atoms with Crippen LogP contribution in [0.5, 0.6) is 11.8 Å². The van der Waals surface area contributed by atoms with Gasteiger partial charge in [0, 0.05) is 7.05 Å². The van der Waals surface area contributed by atoms with E-state index in [2.05, 4.69) is 15.1 Å². The van der Waals surface area contributed by atoms with Crippen LogP contribution in [0.1, 0.15) is 0 Å². The van der Waals surface area contributed by atoms with Crippen LogP contribution in [-0.4, -0.2) is 34.0 Å². The summed E-state index contributed by atoms with van der Waals surface area (Å²) in [4.78, 5) is 9.19. The van der Waals surface area contributed by atoms with Crippen LogP contribution in [0.4, 0.5) is 5.82 Å². The van der Waals surface area contributed by atoms with E-state index in [1.165, 1.54) is 26.0 Å². The van der Waals surface area contributed by atoms with Gasteiger partial charge in [-0.15, -0.1) is 0 Å². The summed E-state index contributed by atoms with van der Waals surface area (Å²) in [6, 6.07) is 1.61. The third kappa shape index (κ3) is 2.48. The molecule has 0 atom stereocenters. The molecule has 0 spiro atoms. The van der Waals surface area contributed by atoms with Gasteiger partial charge in [-0.2, -0.15) is 15.1 Å². The lowest BCUT2D eigenvalue weighted by Gasteiger charge is -2.05. The van der Waals surface area contributed by atoms with Gasteiger partial charge in [0.15, 0.2) is 5.16 Å². The van der Waals surface area contributed by atoms with Gasteiger partial charge in [-0.05, 0) is 11.8 Å². The van der Waals surface area contributed by atoms with Gasteiger partial charge in [-0.25, -0.2) is 0 Å². The molecule has 2 N–H and O–H groups in total. The van der Waals surface area contributed by atoms with E-state index < -0.39 is 0 Å². The van der Waals surface area contributed by atoms with Crippen LogP contribution in [0, 0.1) is 0 Å². The number of nitrogens with two attached hydrogens (primary N) is 1. The average molecular weight is 267 g/mol. The summed E-state index contributed by atoms with van der Waals surface area (Å²) in [7, 11) is 4.84. The SMILES string of the molecule is COc1cc(OC)nc(Sc2cnn(C)c2N)n1. The van der Waals surface area contributed by atoms with E-state index >= 15 is 0 Å². The molecule has 2 aromatic rings. The largest absolute Gasteiger partial charge is 0.481 e. The van der Waals surface area contributed by atoms with Crippen molar-refractivity contribution in [3.8, 4) is 11.8 Å². The first-order valence-corrected chi connectivity index (χ1v) is 5.88. The van der Waals surface area contributed by atoms with E-state index in [9.17, 15) is 0 Å². The predicted molar refractivity (Wildman–Crippen MR) is 66.9 cm³/mol. The summed E-state index contributed by atoms with van der Waals surface area (Å²) in [5.41, 5.74) is 5.85. The van der Waals surface area contributed by atoms with Gasteiger partial charge >= 0.3 is 0 Å². The van der Waals surface area contributed by atoms with E-state index in [1.54, 1.807) is 24.0 Å². The van der Waals surface area contributed by atoms with Crippen molar-refractivity contribution in [2.75, 3.05) is 20.0 Å². The molecule has 0 saturated heterocycles. The van der Waals surface area contributed by atoms with Crippen molar-refractivity contribution >= 4 is 17.6 Å². The standard InChI is InChI=1S/C10H13N5O2S/c1-15-9(11)6(5-12-15)18-10-13-7(16-2)4-8(14-10)17-3/h4-5H,11H2,1-3H3. The van der Waals surface area contributed by atoms with Crippen molar-refractivity contribution in [1.82, 2.24) is 19.7 Å². The number of nitrogens with zero attached hydrogens (tertiary/aromatic N) is 4. The number of nitrogen functional groups attached to an aromatic ring is 1. The van der Waals surface area contributed by atoms with Gasteiger partial charge in [-0.3, -0.25) is 4.68 Å². The first kappa shape index (κ1) is 12.5. The molecule has 18 heavy (non-hydrogen) atoms. The number of aryl methyl sites for hydroxylation is 1. The van der Waals surface area contributed by atoms with E-state index in [-0.39, 0.29) is 0 Å². The number of rotatable bonds is 4. The molecule has 0 fully saturated rings. The van der Waals surface area contributed by atoms with Gasteiger partial charge < -0.3 is 15.2 Å². The number of hydrogen-bond donors (Lipinski definition) is 1. The Balaban J connectivity index is 2.31. The smallest absolute Gasteiger partial charge is 0.220 e. The zero-order valence-corrected chi connectivity index (χ0v) is 11.1. The fourth-order valence-electron chi connectivity index (χ4n) is 1.24. The molecule has 8 heteroatoms. The van der Waals surface area contributed by atoms with Crippen LogP contribution in [0.25, 0.3) is 0 Å². The minimum atomic E-state index is 0.437. The average Bonchev–Trinajstić information content (AvgIpc) is 2.70. The van der Waals surface area contributed by atoms with E-state index in [4.69, 9.17) is 15.2 Å². The second kappa shape index (κ2) is 5.13. The summed E-state index contributed by atoms with van der Waals surface area (Å²) in [5, 5.41) is 4.54. The molecule has 2 aromatic heterocycles. The highest BCUT2D eigenvalue weighted by atomic mass is 32.2. The van der Waals surface area contributed by atoms with E-state index in [0.29, 0.717) is 22.7 Å². The molecule has 0 aliphatic rings. The van der Waals surface area contributed by atoms with Gasteiger partial charge in [0.2, 0.25) is 11.8 Å². The second-order valence-electron chi connectivity index (χ2n) is 3.35. The second-order valence-corrected chi connectivity index (χ2v) is 4.36. The van der Waals surface area contributed by atoms with Crippen molar-refractivity contribution < 1.29 is 9.47 Å². The summed E-state index contributed by atoms with van der Waals surface area (Å²) < 4.78 is 11.7. The van der Waals surface area contributed by atoms with Crippen LogP contribution in [0.3, 0.4) is 0 Å². The van der Waals surface area contributed by atoms with E-state index in [0.717, 1.165) is 4.90 Å². The maximum absolute atomic E-state index is 5.85. The Morgan fingerprint density at radius 3 is 2.28 bits per heavy atom. The molecule has 2 rings (SSSR count). The predicted octanol–water partition coefficient (Wildman–Crippen LogP) is 0.961. The van der Waals surface area contributed by atoms with Gasteiger partial charge in [0.25, 0.3) is 0 Å². The monoisotopic (exact) mass is 267 g/mol. The molecule has 0 aromatic carbocycles. The summed E-state index contributed by atoms with van der Waals surface area (Å²) >= 11 is 1.30. The van der Waals surface area contributed by atoms with Crippen LogP contribution in [-0.2, 0) is 7.05 Å². The number of methoxy groups -OCH3 is 2. The molecule has 0 unspecified atom stereocenters. The summed E-state index contributed by atoms with van der Waals surface area (Å²) in [6.45, 7) is 0. The zero-order valence-electron chi connectivity index (χ0n) is 10.2. The third-order valence-electron chi connectivity index (χ3n) is 2.23. The Hall–Kier alpha value is -1.96. The fourth-order valence-corrected chi connectivity index (χ4v) is 2.05. The highest BCUT2D eigenvalue weighted by molar-refractivity contribution is 7.99. The van der Waals surface area contributed by atoms with Crippen LogP contribution in [0.15, 0.2) is 22.3 Å². The molecule has 7 nitrogen and oxygen atoms in total. The van der Waals surface area contributed by atoms with Gasteiger partial charge in [0.1, 0.15) is 5.82 Å². The third-order valence-corrected chi connectivity index (χ3v) is 3.13. The molecule has 0 amide bonds. The Labute approximate surface area is 108 Å². The van der Waals surface area contributed by atoms with E-state index in [1.807, 2.05) is 0 Å². The van der Waals surface area contributed by atoms with Gasteiger partial charge in [-0.1, -0.05) is 0 Å². The summed E-state index contributed by atoms with van der Waals surface area (Å²) in [6.07, 6.45) is 1.66. The molecule has 0 aliphatic carbocycles. The lowest BCUT2D eigenvalue weighted by atomic mass is 10.6. The molecule has 0 aliphatic heterocycles. The Morgan fingerprint density at radius 2 is 1.83 bits per heavy atom. The minimum absolute atomic E-state index is 0.437. The molecule has 0 radical (unpaired) electrons. The number of hydrogen-bond acceptors (Lipinski definition) is 7. The lowest BCUT2D eigenvalue weighted by Crippen LogP contribution is -1.98. The van der Waals surface area contributed by atoms with Crippen LogP contribution < -0.4 is 15.2 Å². The Morgan fingerprint density at radius 1 is 1.22 bits per heavy atom. The van der Waals surface area contributed by atoms with Crippen LogP contribution in [0.2, 0.25) is 0 Å². The quantitative estimate of drug-likeness (QED) is 0.825. The molecular weight excluding hydrogens is 254 g/mol. The molecule has 0 bridgehead atoms. The maximum atomic E-state index is 5.85. The maximum Gasteiger partial charge on any atom is 0.220 e. The van der Waals surface area contributed by atoms with Crippen molar-refractivity contribution in [2.45, 2.75) is 10.1 Å². The fraction of sp³-hybridized carbons (Fsp3) is 0.300. The first-order valence-electron chi connectivity index (χ1n) is 5.06. The lowest BCUT2D eigenvalue weighted by molar-refractivity contribution is 0.364. The topological polar surface area (TPSA) is 88.1 Å². The van der Waals surface area contributed by atoms with Crippen molar-refractivity contribution in [2.24, 2.45) is 7.05 Å². The molecule has 96 valence electrons. The van der Waals surface area contributed by atoms with Crippen molar-refractivity contribution in [1.29, 1.82) is 0 Å².